The minimum Gasteiger partial charge on any atom is -0.382 e. The molecule has 3 unspecified atom stereocenters. The van der Waals surface area contributed by atoms with Gasteiger partial charge in [-0.25, -0.2) is 4.79 Å². The first-order valence-corrected chi connectivity index (χ1v) is 8.49. The highest BCUT2D eigenvalue weighted by atomic mass is 32.1. The van der Waals surface area contributed by atoms with Crippen LogP contribution in [0, 0.1) is 13.8 Å². The fourth-order valence-electron chi connectivity index (χ4n) is 2.92. The molecule has 6 heteroatoms. The lowest BCUT2D eigenvalue weighted by atomic mass is 10.1. The quantitative estimate of drug-likeness (QED) is 0.925. The summed E-state index contributed by atoms with van der Waals surface area (Å²) >= 11 is 1.77. The molecule has 0 radical (unpaired) electrons. The second kappa shape index (κ2) is 7.44. The van der Waals surface area contributed by atoms with Gasteiger partial charge in [-0.15, -0.1) is 11.3 Å². The smallest absolute Gasteiger partial charge is 0.318 e. The number of rotatable bonds is 4. The molecule has 1 aliphatic rings. The van der Waals surface area contributed by atoms with E-state index in [1.165, 1.54) is 15.3 Å². The number of morpholine rings is 1. The molecule has 22 heavy (non-hydrogen) atoms. The van der Waals surface area contributed by atoms with E-state index in [0.717, 1.165) is 0 Å². The predicted octanol–water partition coefficient (Wildman–Crippen LogP) is 2.87. The highest BCUT2D eigenvalue weighted by Gasteiger charge is 2.29. The van der Waals surface area contributed by atoms with E-state index in [4.69, 9.17) is 9.47 Å². The number of methoxy groups -OCH3 is 1. The van der Waals surface area contributed by atoms with E-state index in [-0.39, 0.29) is 24.3 Å². The third kappa shape index (κ3) is 4.21. The lowest BCUT2D eigenvalue weighted by Gasteiger charge is -2.37. The van der Waals surface area contributed by atoms with E-state index in [1.807, 2.05) is 18.7 Å². The molecule has 0 bridgehead atoms. The van der Waals surface area contributed by atoms with Crippen LogP contribution in [0.2, 0.25) is 0 Å². The topological polar surface area (TPSA) is 50.8 Å². The van der Waals surface area contributed by atoms with Crippen LogP contribution in [-0.4, -0.2) is 49.9 Å². The SMILES string of the molecule is COCC1CN(C(=O)NC(C)c2cc(C)sc2C)CC(C)O1. The summed E-state index contributed by atoms with van der Waals surface area (Å²) in [7, 11) is 1.65. The van der Waals surface area contributed by atoms with Gasteiger partial charge in [-0.1, -0.05) is 0 Å². The molecule has 1 aromatic rings. The molecule has 3 atom stereocenters. The third-order valence-electron chi connectivity index (χ3n) is 3.85. The Morgan fingerprint density at radius 3 is 2.86 bits per heavy atom. The average molecular weight is 326 g/mol. The second-order valence-corrected chi connectivity index (χ2v) is 7.43. The van der Waals surface area contributed by atoms with Crippen LogP contribution in [0.25, 0.3) is 0 Å². The van der Waals surface area contributed by atoms with Crippen LogP contribution in [0.5, 0.6) is 0 Å². The maximum Gasteiger partial charge on any atom is 0.318 e. The minimum atomic E-state index is -0.0556. The number of carbonyl (C=O) groups is 1. The maximum atomic E-state index is 12.5. The zero-order chi connectivity index (χ0) is 16.3. The molecule has 2 heterocycles. The van der Waals surface area contributed by atoms with Crippen molar-refractivity contribution in [3.63, 3.8) is 0 Å². The lowest BCUT2D eigenvalue weighted by molar-refractivity contribution is -0.0898. The molecule has 0 saturated carbocycles. The summed E-state index contributed by atoms with van der Waals surface area (Å²) in [6.45, 7) is 9.89. The number of hydrogen-bond acceptors (Lipinski definition) is 4. The number of aryl methyl sites for hydroxylation is 2. The normalized spacial score (nSPS) is 23.4. The Morgan fingerprint density at radius 2 is 2.27 bits per heavy atom. The van der Waals surface area contributed by atoms with Gasteiger partial charge in [-0.05, 0) is 39.3 Å². The molecule has 124 valence electrons. The van der Waals surface area contributed by atoms with Gasteiger partial charge in [0.15, 0.2) is 0 Å². The van der Waals surface area contributed by atoms with E-state index in [9.17, 15) is 4.79 Å². The van der Waals surface area contributed by atoms with E-state index in [2.05, 4.69) is 25.2 Å². The van der Waals surface area contributed by atoms with Crippen molar-refractivity contribution in [3.05, 3.63) is 21.4 Å². The van der Waals surface area contributed by atoms with Crippen molar-refractivity contribution in [1.29, 1.82) is 0 Å². The Morgan fingerprint density at radius 1 is 1.55 bits per heavy atom. The van der Waals surface area contributed by atoms with Gasteiger partial charge in [0.1, 0.15) is 0 Å². The van der Waals surface area contributed by atoms with E-state index in [0.29, 0.717) is 19.7 Å². The van der Waals surface area contributed by atoms with E-state index < -0.39 is 0 Å². The lowest BCUT2D eigenvalue weighted by Crippen LogP contribution is -2.53. The Balaban J connectivity index is 1.97. The number of hydrogen-bond donors (Lipinski definition) is 1. The van der Waals surface area contributed by atoms with Crippen molar-refractivity contribution in [1.82, 2.24) is 10.2 Å². The van der Waals surface area contributed by atoms with E-state index in [1.54, 1.807) is 18.4 Å². The molecule has 2 rings (SSSR count). The van der Waals surface area contributed by atoms with Crippen LogP contribution in [-0.2, 0) is 9.47 Å². The van der Waals surface area contributed by atoms with Gasteiger partial charge in [0.2, 0.25) is 0 Å². The largest absolute Gasteiger partial charge is 0.382 e. The van der Waals surface area contributed by atoms with Gasteiger partial charge in [-0.2, -0.15) is 0 Å². The molecule has 5 nitrogen and oxygen atoms in total. The molecular formula is C16H26N2O3S. The Labute approximate surface area is 136 Å². The average Bonchev–Trinajstić information content (AvgIpc) is 2.77. The summed E-state index contributed by atoms with van der Waals surface area (Å²) in [6, 6.07) is 2.13. The van der Waals surface area contributed by atoms with Crippen LogP contribution in [0.15, 0.2) is 6.07 Å². The number of carbonyl (C=O) groups excluding carboxylic acids is 1. The zero-order valence-electron chi connectivity index (χ0n) is 14.0. The maximum absolute atomic E-state index is 12.5. The molecule has 0 spiro atoms. The Bertz CT molecular complexity index is 517. The molecule has 1 fully saturated rings. The minimum absolute atomic E-state index is 0.0106. The summed E-state index contributed by atoms with van der Waals surface area (Å²) in [5, 5.41) is 3.10. The van der Waals surface area contributed by atoms with Crippen LogP contribution >= 0.6 is 11.3 Å². The Hall–Kier alpha value is -1.11. The van der Waals surface area contributed by atoms with Crippen molar-refractivity contribution in [2.45, 2.75) is 45.9 Å². The van der Waals surface area contributed by atoms with Crippen molar-refractivity contribution < 1.29 is 14.3 Å². The number of urea groups is 1. The fraction of sp³-hybridized carbons (Fsp3) is 0.688. The molecule has 1 aliphatic heterocycles. The van der Waals surface area contributed by atoms with Crippen LogP contribution in [0.4, 0.5) is 4.79 Å². The van der Waals surface area contributed by atoms with Crippen LogP contribution in [0.1, 0.15) is 35.2 Å². The van der Waals surface area contributed by atoms with Gasteiger partial charge >= 0.3 is 6.03 Å². The Kier molecular flexibility index (Phi) is 5.83. The molecule has 0 aromatic carbocycles. The number of thiophene rings is 1. The summed E-state index contributed by atoms with van der Waals surface area (Å²) in [5.74, 6) is 0. The molecule has 1 saturated heterocycles. The van der Waals surface area contributed by atoms with Crippen LogP contribution < -0.4 is 5.32 Å². The summed E-state index contributed by atoms with van der Waals surface area (Å²) in [5.41, 5.74) is 1.20. The first kappa shape index (κ1) is 17.2. The van der Waals surface area contributed by atoms with Crippen molar-refractivity contribution in [2.75, 3.05) is 26.8 Å². The molecular weight excluding hydrogens is 300 g/mol. The molecule has 2 amide bonds. The molecule has 1 N–H and O–H groups in total. The number of nitrogens with one attached hydrogen (secondary N) is 1. The second-order valence-electron chi connectivity index (χ2n) is 5.97. The van der Waals surface area contributed by atoms with Gasteiger partial charge < -0.3 is 19.7 Å². The number of amides is 2. The molecule has 1 aromatic heterocycles. The molecule has 0 aliphatic carbocycles. The van der Waals surface area contributed by atoms with Gasteiger partial charge in [0.05, 0.1) is 31.4 Å². The standard InChI is InChI=1S/C16H26N2O3S/c1-10-7-18(8-14(21-10)9-20-5)16(19)17-12(3)15-6-11(2)22-13(15)4/h6,10,12,14H,7-9H2,1-5H3,(H,17,19). The van der Waals surface area contributed by atoms with Gasteiger partial charge in [0, 0.05) is 23.4 Å². The fourth-order valence-corrected chi connectivity index (χ4v) is 3.95. The van der Waals surface area contributed by atoms with E-state index >= 15 is 0 Å². The summed E-state index contributed by atoms with van der Waals surface area (Å²) in [4.78, 5) is 16.9. The summed E-state index contributed by atoms with van der Waals surface area (Å²) in [6.07, 6.45) is -0.0278. The van der Waals surface area contributed by atoms with Crippen LogP contribution in [0.3, 0.4) is 0 Å². The predicted molar refractivity (Wildman–Crippen MR) is 88.5 cm³/mol. The monoisotopic (exact) mass is 326 g/mol. The third-order valence-corrected chi connectivity index (χ3v) is 4.83. The van der Waals surface area contributed by atoms with Crippen molar-refractivity contribution in [3.8, 4) is 0 Å². The first-order valence-electron chi connectivity index (χ1n) is 7.67. The number of nitrogens with zero attached hydrogens (tertiary/aromatic N) is 1. The highest BCUT2D eigenvalue weighted by molar-refractivity contribution is 7.12. The van der Waals surface area contributed by atoms with Gasteiger partial charge in [-0.3, -0.25) is 0 Å². The highest BCUT2D eigenvalue weighted by Crippen LogP contribution is 2.26. The zero-order valence-corrected chi connectivity index (χ0v) is 14.8. The van der Waals surface area contributed by atoms with Gasteiger partial charge in [0.25, 0.3) is 0 Å². The summed E-state index contributed by atoms with van der Waals surface area (Å²) < 4.78 is 10.9. The first-order chi connectivity index (χ1) is 10.4. The number of ether oxygens (including phenoxy) is 2. The van der Waals surface area contributed by atoms with Crippen molar-refractivity contribution in [2.24, 2.45) is 0 Å². The van der Waals surface area contributed by atoms with Crippen molar-refractivity contribution >= 4 is 17.4 Å².